The van der Waals surface area contributed by atoms with Crippen molar-refractivity contribution in [3.8, 4) is 0 Å². The Balaban J connectivity index is 0. The summed E-state index contributed by atoms with van der Waals surface area (Å²) in [6, 6.07) is -0.845. The Labute approximate surface area is 151 Å². The number of nitrogens with one attached hydrogen (secondary N) is 1. The molecule has 0 fully saturated rings. The summed E-state index contributed by atoms with van der Waals surface area (Å²) in [5.74, 6) is -2.16. The maximum atomic E-state index is 11.9. The van der Waals surface area contributed by atoms with E-state index in [-0.39, 0.29) is 42.0 Å². The second-order valence-corrected chi connectivity index (χ2v) is 4.79. The van der Waals surface area contributed by atoms with Gasteiger partial charge in [0.15, 0.2) is 0 Å². The molecule has 0 aromatic carbocycles. The van der Waals surface area contributed by atoms with E-state index < -0.39 is 29.2 Å². The molecule has 2 unspecified atom stereocenters. The van der Waals surface area contributed by atoms with Crippen molar-refractivity contribution in [1.82, 2.24) is 5.32 Å². The first-order valence-corrected chi connectivity index (χ1v) is 6.79. The maximum absolute atomic E-state index is 11.9. The standard InChI is InChI=1S/C11H18N2O3.C2H5NO2.Na/c1-4-6-7(3)11(5-2)8(14)12-10(16)13-9(11)15;3-1-2(4)5;/h7H,4-6H2,1-3H3,(H2,12,13,14,15,16);1,3H2,(H,4,5);/q;;+1/p-1. The molecule has 4 N–H and O–H groups in total. The van der Waals surface area contributed by atoms with Crippen LogP contribution in [0.4, 0.5) is 0 Å². The number of carboxylic acids is 1. The van der Waals surface area contributed by atoms with Crippen LogP contribution in [0.2, 0.25) is 0 Å². The van der Waals surface area contributed by atoms with E-state index in [1.54, 1.807) is 6.92 Å². The van der Waals surface area contributed by atoms with Crippen LogP contribution >= 0.6 is 0 Å². The van der Waals surface area contributed by atoms with E-state index in [9.17, 15) is 19.5 Å². The number of nitrogens with zero attached hydrogens (tertiary/aromatic N) is 1. The molecule has 120 valence electrons. The van der Waals surface area contributed by atoms with Gasteiger partial charge in [-0.2, -0.15) is 0 Å². The molecule has 1 aliphatic heterocycles. The molecule has 0 saturated carbocycles. The Kier molecular flexibility index (Phi) is 11.4. The predicted molar refractivity (Wildman–Crippen MR) is 74.1 cm³/mol. The van der Waals surface area contributed by atoms with Gasteiger partial charge < -0.3 is 21.3 Å². The van der Waals surface area contributed by atoms with E-state index in [2.05, 4.69) is 16.0 Å². The van der Waals surface area contributed by atoms with Crippen molar-refractivity contribution in [2.75, 3.05) is 6.54 Å². The third-order valence-corrected chi connectivity index (χ3v) is 3.51. The number of aliphatic imine (C=N–C) groups is 1. The maximum Gasteiger partial charge on any atom is 1.00 e. The fourth-order valence-electron chi connectivity index (χ4n) is 2.30. The quantitative estimate of drug-likeness (QED) is 0.350. The minimum atomic E-state index is -1.15. The van der Waals surface area contributed by atoms with Gasteiger partial charge >= 0.3 is 35.5 Å². The molecule has 8 nitrogen and oxygen atoms in total. The van der Waals surface area contributed by atoms with E-state index in [0.717, 1.165) is 12.8 Å². The van der Waals surface area contributed by atoms with E-state index in [4.69, 9.17) is 5.11 Å². The van der Waals surface area contributed by atoms with Gasteiger partial charge in [-0.1, -0.05) is 27.2 Å². The first kappa shape index (κ1) is 23.3. The molecule has 1 heterocycles. The number of carbonyl (C=O) groups is 3. The summed E-state index contributed by atoms with van der Waals surface area (Å²) in [5.41, 5.74) is 3.42. The van der Waals surface area contributed by atoms with Gasteiger partial charge in [-0.05, 0) is 18.8 Å². The van der Waals surface area contributed by atoms with Crippen molar-refractivity contribution in [3.05, 3.63) is 0 Å². The van der Waals surface area contributed by atoms with E-state index >= 15 is 0 Å². The molecule has 0 aromatic rings. The minimum Gasteiger partial charge on any atom is -0.846 e. The van der Waals surface area contributed by atoms with Crippen molar-refractivity contribution in [2.24, 2.45) is 22.1 Å². The zero-order valence-corrected chi connectivity index (χ0v) is 15.5. The molecule has 0 saturated heterocycles. The number of hydrogen-bond donors (Lipinski definition) is 3. The van der Waals surface area contributed by atoms with Crippen LogP contribution in [0, 0.1) is 11.3 Å². The van der Waals surface area contributed by atoms with Crippen molar-refractivity contribution in [3.63, 3.8) is 0 Å². The zero-order valence-electron chi connectivity index (χ0n) is 13.5. The molecule has 9 heteroatoms. The van der Waals surface area contributed by atoms with Gasteiger partial charge in [0.1, 0.15) is 5.41 Å². The molecule has 0 spiro atoms. The van der Waals surface area contributed by atoms with Gasteiger partial charge in [0.25, 0.3) is 5.91 Å². The van der Waals surface area contributed by atoms with Crippen LogP contribution in [0.25, 0.3) is 0 Å². The van der Waals surface area contributed by atoms with E-state index in [0.29, 0.717) is 6.42 Å². The number of carbonyl (C=O) groups excluding carboxylic acids is 2. The van der Waals surface area contributed by atoms with Crippen LogP contribution in [0.3, 0.4) is 0 Å². The van der Waals surface area contributed by atoms with Gasteiger partial charge in [0.05, 0.1) is 12.6 Å². The van der Waals surface area contributed by atoms with Crippen LogP contribution < -0.4 is 45.7 Å². The third-order valence-electron chi connectivity index (χ3n) is 3.51. The summed E-state index contributed by atoms with van der Waals surface area (Å²) in [4.78, 5) is 36.3. The zero-order chi connectivity index (χ0) is 16.6. The molecular formula is C13H22N3NaO5. The summed E-state index contributed by atoms with van der Waals surface area (Å²) in [5, 5.41) is 20.7. The Morgan fingerprint density at radius 3 is 2.27 bits per heavy atom. The Bertz CT molecular complexity index is 441. The molecule has 0 radical (unpaired) electrons. The predicted octanol–water partition coefficient (Wildman–Crippen LogP) is -3.77. The molecular weight excluding hydrogens is 301 g/mol. The van der Waals surface area contributed by atoms with Crippen molar-refractivity contribution >= 4 is 23.8 Å². The van der Waals surface area contributed by atoms with Crippen molar-refractivity contribution in [1.29, 1.82) is 0 Å². The Morgan fingerprint density at radius 2 is 1.95 bits per heavy atom. The molecule has 0 aromatic heterocycles. The molecule has 1 aliphatic rings. The second-order valence-electron chi connectivity index (χ2n) is 4.79. The number of carboxylic acid groups (broad SMARTS) is 1. The number of nitrogens with two attached hydrogens (primary N) is 1. The summed E-state index contributed by atoms with van der Waals surface area (Å²) in [6.07, 6.45) is 2.02. The van der Waals surface area contributed by atoms with Crippen LogP contribution in [0.5, 0.6) is 0 Å². The van der Waals surface area contributed by atoms with Crippen LogP contribution in [0.1, 0.15) is 40.0 Å². The summed E-state index contributed by atoms with van der Waals surface area (Å²) in [7, 11) is 0. The molecule has 0 aliphatic carbocycles. The monoisotopic (exact) mass is 323 g/mol. The topological polar surface area (TPSA) is 145 Å². The first-order valence-electron chi connectivity index (χ1n) is 6.79. The SMILES string of the molecule is CCCC(C)C1(CC)C(=O)N=C([O-])NC1=O.NCC(=O)O.[Na+]. The van der Waals surface area contributed by atoms with E-state index in [1.807, 2.05) is 13.8 Å². The van der Waals surface area contributed by atoms with Gasteiger partial charge in [-0.3, -0.25) is 14.4 Å². The second kappa shape index (κ2) is 10.7. The number of rotatable bonds is 5. The fourth-order valence-corrected chi connectivity index (χ4v) is 2.30. The number of amides is 2. The van der Waals surface area contributed by atoms with Crippen LogP contribution in [-0.2, 0) is 14.4 Å². The Hall–Kier alpha value is -0.960. The first-order chi connectivity index (χ1) is 9.75. The summed E-state index contributed by atoms with van der Waals surface area (Å²) < 4.78 is 0. The normalized spacial score (nSPS) is 21.5. The van der Waals surface area contributed by atoms with Gasteiger partial charge in [0, 0.05) is 0 Å². The van der Waals surface area contributed by atoms with E-state index in [1.165, 1.54) is 0 Å². The van der Waals surface area contributed by atoms with Gasteiger partial charge in [0.2, 0.25) is 5.91 Å². The van der Waals surface area contributed by atoms with Crippen molar-refractivity contribution < 1.29 is 54.2 Å². The van der Waals surface area contributed by atoms with Gasteiger partial charge in [-0.15, -0.1) is 0 Å². The van der Waals surface area contributed by atoms with Crippen LogP contribution in [0.15, 0.2) is 4.99 Å². The largest absolute Gasteiger partial charge is 1.00 e. The number of aliphatic carboxylic acids is 1. The minimum absolute atomic E-state index is 0. The molecule has 22 heavy (non-hydrogen) atoms. The molecule has 1 rings (SSSR count). The summed E-state index contributed by atoms with van der Waals surface area (Å²) >= 11 is 0. The summed E-state index contributed by atoms with van der Waals surface area (Å²) in [6.45, 7) is 5.35. The van der Waals surface area contributed by atoms with Crippen molar-refractivity contribution in [2.45, 2.75) is 40.0 Å². The Morgan fingerprint density at radius 1 is 1.45 bits per heavy atom. The molecule has 2 atom stereocenters. The molecule has 2 amide bonds. The smallest absolute Gasteiger partial charge is 0.846 e. The average molecular weight is 323 g/mol. The van der Waals surface area contributed by atoms with Crippen LogP contribution in [-0.4, -0.2) is 35.5 Å². The number of amidine groups is 1. The average Bonchev–Trinajstić information content (AvgIpc) is 2.39. The number of hydrogen-bond acceptors (Lipinski definition) is 5. The molecule has 0 bridgehead atoms. The fraction of sp³-hybridized carbons (Fsp3) is 0.692. The third kappa shape index (κ3) is 5.68. The van der Waals surface area contributed by atoms with Gasteiger partial charge in [-0.25, -0.2) is 4.99 Å².